The van der Waals surface area contributed by atoms with Gasteiger partial charge in [0.05, 0.1) is 5.69 Å². The van der Waals surface area contributed by atoms with E-state index in [4.69, 9.17) is 0 Å². The summed E-state index contributed by atoms with van der Waals surface area (Å²) in [4.78, 5) is 4.46. The molecule has 2 aromatic rings. The summed E-state index contributed by atoms with van der Waals surface area (Å²) >= 11 is 0. The number of phenolic OH excluding ortho intramolecular Hbond substituents is 2. The first kappa shape index (κ1) is 14.1. The Labute approximate surface area is 119 Å². The number of aryl methyl sites for hydroxylation is 1. The summed E-state index contributed by atoms with van der Waals surface area (Å²) in [6.45, 7) is 5.96. The minimum atomic E-state index is 0.206. The quantitative estimate of drug-likeness (QED) is 0.817. The molecule has 3 nitrogen and oxygen atoms in total. The van der Waals surface area contributed by atoms with E-state index in [1.807, 2.05) is 19.1 Å². The molecule has 0 amide bonds. The van der Waals surface area contributed by atoms with Crippen LogP contribution in [0.2, 0.25) is 0 Å². The van der Waals surface area contributed by atoms with Crippen molar-refractivity contribution in [3.8, 4) is 11.5 Å². The van der Waals surface area contributed by atoms with Crippen LogP contribution in [-0.2, 0) is 0 Å². The van der Waals surface area contributed by atoms with E-state index in [9.17, 15) is 10.2 Å². The highest BCUT2D eigenvalue weighted by atomic mass is 16.3. The van der Waals surface area contributed by atoms with Gasteiger partial charge in [-0.1, -0.05) is 26.0 Å². The SMILES string of the molecule is Cc1cc(N=Cc2ccccc2O)c(C(C)C)cc1O. The van der Waals surface area contributed by atoms with Gasteiger partial charge in [0.25, 0.3) is 0 Å². The van der Waals surface area contributed by atoms with E-state index in [-0.39, 0.29) is 17.4 Å². The molecule has 0 aliphatic rings. The van der Waals surface area contributed by atoms with Crippen LogP contribution in [0.1, 0.15) is 36.5 Å². The van der Waals surface area contributed by atoms with Crippen molar-refractivity contribution < 1.29 is 10.2 Å². The van der Waals surface area contributed by atoms with E-state index in [1.165, 1.54) is 0 Å². The summed E-state index contributed by atoms with van der Waals surface area (Å²) in [5.74, 6) is 0.756. The average molecular weight is 269 g/mol. The van der Waals surface area contributed by atoms with Gasteiger partial charge < -0.3 is 10.2 Å². The second-order valence-corrected chi connectivity index (χ2v) is 5.17. The van der Waals surface area contributed by atoms with Crippen molar-refractivity contribution in [1.29, 1.82) is 0 Å². The maximum atomic E-state index is 9.81. The summed E-state index contributed by atoms with van der Waals surface area (Å²) in [5.41, 5.74) is 3.27. The normalized spacial score (nSPS) is 11.4. The Hall–Kier alpha value is -2.29. The molecule has 104 valence electrons. The lowest BCUT2D eigenvalue weighted by atomic mass is 9.99. The zero-order valence-corrected chi connectivity index (χ0v) is 12.0. The third kappa shape index (κ3) is 2.99. The van der Waals surface area contributed by atoms with Crippen LogP contribution in [0.15, 0.2) is 41.4 Å². The zero-order chi connectivity index (χ0) is 14.7. The van der Waals surface area contributed by atoms with Gasteiger partial charge in [0.1, 0.15) is 11.5 Å². The lowest BCUT2D eigenvalue weighted by molar-refractivity contribution is 0.470. The molecule has 0 saturated carbocycles. The van der Waals surface area contributed by atoms with Gasteiger partial charge in [-0.3, -0.25) is 4.99 Å². The fourth-order valence-electron chi connectivity index (χ4n) is 2.01. The Morgan fingerprint density at radius 3 is 2.40 bits per heavy atom. The van der Waals surface area contributed by atoms with Crippen LogP contribution in [0.5, 0.6) is 11.5 Å². The molecule has 0 heterocycles. The van der Waals surface area contributed by atoms with Crippen LogP contribution in [0, 0.1) is 6.92 Å². The number of rotatable bonds is 3. The number of phenols is 2. The fraction of sp³-hybridized carbons (Fsp3) is 0.235. The standard InChI is InChI=1S/C17H19NO2/c1-11(2)14-9-17(20)12(3)8-15(14)18-10-13-6-4-5-7-16(13)19/h4-11,19-20H,1-3H3. The summed E-state index contributed by atoms with van der Waals surface area (Å²) in [7, 11) is 0. The smallest absolute Gasteiger partial charge is 0.124 e. The minimum Gasteiger partial charge on any atom is -0.508 e. The lowest BCUT2D eigenvalue weighted by Crippen LogP contribution is -1.90. The molecule has 0 radical (unpaired) electrons. The molecule has 0 atom stereocenters. The second kappa shape index (κ2) is 5.78. The fourth-order valence-corrected chi connectivity index (χ4v) is 2.01. The number of aliphatic imine (C=N–C) groups is 1. The average Bonchev–Trinajstić information content (AvgIpc) is 2.41. The molecule has 2 aromatic carbocycles. The number of aromatic hydroxyl groups is 2. The van der Waals surface area contributed by atoms with Gasteiger partial charge in [-0.05, 0) is 48.2 Å². The van der Waals surface area contributed by atoms with Gasteiger partial charge in [0.2, 0.25) is 0 Å². The number of benzene rings is 2. The van der Waals surface area contributed by atoms with E-state index < -0.39 is 0 Å². The number of hydrogen-bond donors (Lipinski definition) is 2. The minimum absolute atomic E-state index is 0.206. The van der Waals surface area contributed by atoms with E-state index in [2.05, 4.69) is 18.8 Å². The van der Waals surface area contributed by atoms with Gasteiger partial charge in [0.15, 0.2) is 0 Å². The molecule has 0 bridgehead atoms. The number of para-hydroxylation sites is 1. The molecule has 2 N–H and O–H groups in total. The first-order valence-electron chi connectivity index (χ1n) is 6.64. The second-order valence-electron chi connectivity index (χ2n) is 5.17. The summed E-state index contributed by atoms with van der Waals surface area (Å²) < 4.78 is 0. The van der Waals surface area contributed by atoms with E-state index in [1.54, 1.807) is 30.5 Å². The van der Waals surface area contributed by atoms with E-state index in [0.29, 0.717) is 5.56 Å². The third-order valence-electron chi connectivity index (χ3n) is 3.25. The highest BCUT2D eigenvalue weighted by Gasteiger charge is 2.09. The molecule has 0 aliphatic carbocycles. The van der Waals surface area contributed by atoms with Gasteiger partial charge in [-0.15, -0.1) is 0 Å². The Kier molecular flexibility index (Phi) is 4.08. The van der Waals surface area contributed by atoms with Gasteiger partial charge >= 0.3 is 0 Å². The molecule has 0 aliphatic heterocycles. The van der Waals surface area contributed by atoms with Gasteiger partial charge in [-0.2, -0.15) is 0 Å². The maximum absolute atomic E-state index is 9.81. The van der Waals surface area contributed by atoms with Crippen LogP contribution in [0.3, 0.4) is 0 Å². The van der Waals surface area contributed by atoms with Crippen LogP contribution in [-0.4, -0.2) is 16.4 Å². The van der Waals surface area contributed by atoms with Crippen LogP contribution in [0.25, 0.3) is 0 Å². The molecule has 0 aromatic heterocycles. The lowest BCUT2D eigenvalue weighted by Gasteiger charge is -2.11. The molecule has 0 fully saturated rings. The summed E-state index contributed by atoms with van der Waals surface area (Å²) in [5, 5.41) is 19.5. The van der Waals surface area contributed by atoms with Crippen molar-refractivity contribution in [2.45, 2.75) is 26.7 Å². The van der Waals surface area contributed by atoms with Crippen molar-refractivity contribution in [2.24, 2.45) is 4.99 Å². The molecule has 20 heavy (non-hydrogen) atoms. The Morgan fingerprint density at radius 1 is 1.05 bits per heavy atom. The van der Waals surface area contributed by atoms with Crippen molar-refractivity contribution in [1.82, 2.24) is 0 Å². The summed E-state index contributed by atoms with van der Waals surface area (Å²) in [6.07, 6.45) is 1.65. The number of nitrogens with zero attached hydrogens (tertiary/aromatic N) is 1. The van der Waals surface area contributed by atoms with Gasteiger partial charge in [0, 0.05) is 11.8 Å². The van der Waals surface area contributed by atoms with Crippen molar-refractivity contribution in [3.05, 3.63) is 53.1 Å². The molecule has 0 spiro atoms. The monoisotopic (exact) mass is 269 g/mol. The topological polar surface area (TPSA) is 52.8 Å². The van der Waals surface area contributed by atoms with Crippen LogP contribution in [0.4, 0.5) is 5.69 Å². The maximum Gasteiger partial charge on any atom is 0.124 e. The Balaban J connectivity index is 2.43. The van der Waals surface area contributed by atoms with E-state index >= 15 is 0 Å². The largest absolute Gasteiger partial charge is 0.508 e. The molecule has 0 unspecified atom stereocenters. The number of hydrogen-bond acceptors (Lipinski definition) is 3. The molecule has 0 saturated heterocycles. The predicted octanol–water partition coefficient (Wildman–Crippen LogP) is 4.28. The molecule has 2 rings (SSSR count). The molecular weight excluding hydrogens is 250 g/mol. The van der Waals surface area contributed by atoms with Crippen LogP contribution >= 0.6 is 0 Å². The Bertz CT molecular complexity index is 645. The highest BCUT2D eigenvalue weighted by molar-refractivity contribution is 5.85. The molecular formula is C17H19NO2. The summed E-state index contributed by atoms with van der Waals surface area (Å²) in [6, 6.07) is 10.7. The highest BCUT2D eigenvalue weighted by Crippen LogP contribution is 2.33. The van der Waals surface area contributed by atoms with E-state index in [0.717, 1.165) is 16.8 Å². The van der Waals surface area contributed by atoms with Crippen molar-refractivity contribution >= 4 is 11.9 Å². The molecule has 3 heteroatoms. The Morgan fingerprint density at radius 2 is 1.75 bits per heavy atom. The third-order valence-corrected chi connectivity index (χ3v) is 3.25. The zero-order valence-electron chi connectivity index (χ0n) is 12.0. The predicted molar refractivity (Wildman–Crippen MR) is 82.3 cm³/mol. The van der Waals surface area contributed by atoms with Crippen molar-refractivity contribution in [2.75, 3.05) is 0 Å². The van der Waals surface area contributed by atoms with Crippen molar-refractivity contribution in [3.63, 3.8) is 0 Å². The van der Waals surface area contributed by atoms with Gasteiger partial charge in [-0.25, -0.2) is 0 Å². The van der Waals surface area contributed by atoms with Crippen LogP contribution < -0.4 is 0 Å². The first-order valence-corrected chi connectivity index (χ1v) is 6.64. The first-order chi connectivity index (χ1) is 9.49.